The second-order valence-electron chi connectivity index (χ2n) is 8.04. The van der Waals surface area contributed by atoms with Crippen LogP contribution in [-0.2, 0) is 36.9 Å². The lowest BCUT2D eigenvalue weighted by molar-refractivity contribution is -0.240. The number of carbonyl (C=O) groups is 1. The predicted octanol–water partition coefficient (Wildman–Crippen LogP) is 2.91. The van der Waals surface area contributed by atoms with E-state index < -0.39 is 36.4 Å². The van der Waals surface area contributed by atoms with E-state index in [9.17, 15) is 10.0 Å². The van der Waals surface area contributed by atoms with E-state index in [4.69, 9.17) is 18.9 Å². The summed E-state index contributed by atoms with van der Waals surface area (Å²) in [4.78, 5) is 12.0. The Morgan fingerprint density at radius 3 is 2.33 bits per heavy atom. The molecule has 0 amide bonds. The molecule has 160 valence electrons. The molecule has 5 atom stereocenters. The molecule has 2 heterocycles. The third-order valence-corrected chi connectivity index (χ3v) is 5.32. The Bertz CT molecular complexity index is 830. The summed E-state index contributed by atoms with van der Waals surface area (Å²) in [6.07, 6.45) is -1.82. The van der Waals surface area contributed by atoms with Crippen LogP contribution in [0.15, 0.2) is 60.7 Å². The van der Waals surface area contributed by atoms with Crippen molar-refractivity contribution in [1.29, 1.82) is 0 Å². The van der Waals surface area contributed by atoms with E-state index in [0.717, 1.165) is 16.2 Å². The molecule has 0 radical (unpaired) electrons. The van der Waals surface area contributed by atoms with Gasteiger partial charge in [0, 0.05) is 6.54 Å². The van der Waals surface area contributed by atoms with Gasteiger partial charge in [-0.05, 0) is 25.0 Å². The highest BCUT2D eigenvalue weighted by atomic mass is 16.8. The van der Waals surface area contributed by atoms with Gasteiger partial charge < -0.3 is 28.9 Å². The second kappa shape index (κ2) is 8.93. The predicted molar refractivity (Wildman–Crippen MR) is 107 cm³/mol. The first-order valence-electron chi connectivity index (χ1n) is 10.1. The normalized spacial score (nSPS) is 28.4. The van der Waals surface area contributed by atoms with Crippen molar-refractivity contribution >= 4 is 6.29 Å². The van der Waals surface area contributed by atoms with E-state index in [-0.39, 0.29) is 6.54 Å². The van der Waals surface area contributed by atoms with E-state index in [1.54, 1.807) is 0 Å². The van der Waals surface area contributed by atoms with Crippen LogP contribution in [0.5, 0.6) is 0 Å². The molecule has 2 saturated heterocycles. The summed E-state index contributed by atoms with van der Waals surface area (Å²) in [7, 11) is 0. The summed E-state index contributed by atoms with van der Waals surface area (Å²) in [6, 6.07) is 18.2. The van der Waals surface area contributed by atoms with Gasteiger partial charge in [0.25, 0.3) is 0 Å². The number of ether oxygens (including phenoxy) is 4. The molecule has 2 aliphatic rings. The maximum absolute atomic E-state index is 12.0. The molecule has 0 aromatic heterocycles. The molecular weight excluding hydrogens is 386 g/mol. The Morgan fingerprint density at radius 2 is 1.70 bits per heavy atom. The van der Waals surface area contributed by atoms with E-state index in [1.165, 1.54) is 0 Å². The van der Waals surface area contributed by atoms with Crippen molar-refractivity contribution in [3.05, 3.63) is 71.8 Å². The number of hydrogen-bond donors (Lipinski definition) is 1. The number of aldehydes is 1. The molecule has 1 N–H and O–H groups in total. The van der Waals surface area contributed by atoms with Crippen LogP contribution in [0.3, 0.4) is 0 Å². The maximum atomic E-state index is 12.0. The highest BCUT2D eigenvalue weighted by molar-refractivity contribution is 5.59. The largest absolute Gasteiger partial charge is 0.368 e. The van der Waals surface area contributed by atoms with Gasteiger partial charge in [0.2, 0.25) is 0 Å². The Labute approximate surface area is 176 Å². The third-order valence-electron chi connectivity index (χ3n) is 5.32. The number of carbonyl (C=O) groups excluding carboxylic acids is 1. The minimum atomic E-state index is -0.938. The van der Waals surface area contributed by atoms with Crippen LogP contribution in [0.25, 0.3) is 0 Å². The number of rotatable bonds is 8. The second-order valence-corrected chi connectivity index (χ2v) is 8.04. The molecular formula is C23H27NO6. The zero-order valence-electron chi connectivity index (χ0n) is 17.1. The fourth-order valence-electron chi connectivity index (χ4n) is 3.93. The minimum Gasteiger partial charge on any atom is -0.368 e. The lowest BCUT2D eigenvalue weighted by atomic mass is 10.0. The molecule has 0 spiro atoms. The molecule has 0 saturated carbocycles. The lowest BCUT2D eigenvalue weighted by Gasteiger charge is -2.32. The standard InChI is InChI=1S/C23H27NO6/c1-23(2)29-21-20(27-15-17-11-7-4-8-12-17)19(28-22(21)30-23)18(14-25)24(26)13-16-9-5-3-6-10-16/h3-12,14,18-22,26H,13,15H2,1-2H3/t18-,19+,20-,21+,22+/m0/s1. The number of nitrogens with zero attached hydrogens (tertiary/aromatic N) is 1. The molecule has 0 bridgehead atoms. The van der Waals surface area contributed by atoms with E-state index in [0.29, 0.717) is 12.9 Å². The zero-order valence-corrected chi connectivity index (χ0v) is 17.1. The SMILES string of the molecule is CC1(C)O[C@H]2O[C@H]([C@H](C=O)N(O)Cc3ccccc3)[C@H](OCc3ccccc3)[C@H]2O1. The number of benzene rings is 2. The van der Waals surface area contributed by atoms with Crippen molar-refractivity contribution in [2.75, 3.05) is 0 Å². The van der Waals surface area contributed by atoms with Crippen molar-refractivity contribution in [1.82, 2.24) is 5.06 Å². The van der Waals surface area contributed by atoms with Gasteiger partial charge in [-0.15, -0.1) is 0 Å². The summed E-state index contributed by atoms with van der Waals surface area (Å²) < 4.78 is 24.0. The fourth-order valence-corrected chi connectivity index (χ4v) is 3.93. The Hall–Kier alpha value is -2.13. The molecule has 30 heavy (non-hydrogen) atoms. The molecule has 2 aromatic carbocycles. The van der Waals surface area contributed by atoms with Gasteiger partial charge in [-0.1, -0.05) is 60.7 Å². The molecule has 2 aliphatic heterocycles. The Balaban J connectivity index is 1.52. The number of hydroxylamine groups is 2. The summed E-state index contributed by atoms with van der Waals surface area (Å²) in [5.41, 5.74) is 1.87. The molecule has 2 fully saturated rings. The van der Waals surface area contributed by atoms with E-state index in [1.807, 2.05) is 74.5 Å². The average Bonchev–Trinajstić information content (AvgIpc) is 3.20. The summed E-state index contributed by atoms with van der Waals surface area (Å²) in [5, 5.41) is 11.7. The summed E-state index contributed by atoms with van der Waals surface area (Å²) >= 11 is 0. The highest BCUT2D eigenvalue weighted by Gasteiger charge is 2.57. The molecule has 2 aromatic rings. The van der Waals surface area contributed by atoms with Crippen molar-refractivity contribution < 1.29 is 28.9 Å². The maximum Gasteiger partial charge on any atom is 0.190 e. The molecule has 4 rings (SSSR count). The topological polar surface area (TPSA) is 77.5 Å². The van der Waals surface area contributed by atoms with Gasteiger partial charge in [0.05, 0.1) is 6.61 Å². The first-order valence-corrected chi connectivity index (χ1v) is 10.1. The monoisotopic (exact) mass is 413 g/mol. The van der Waals surface area contributed by atoms with Crippen molar-refractivity contribution in [3.63, 3.8) is 0 Å². The van der Waals surface area contributed by atoms with Gasteiger partial charge in [-0.25, -0.2) is 0 Å². The molecule has 0 aliphatic carbocycles. The van der Waals surface area contributed by atoms with Crippen LogP contribution in [0.4, 0.5) is 0 Å². The van der Waals surface area contributed by atoms with Gasteiger partial charge in [-0.3, -0.25) is 0 Å². The highest BCUT2D eigenvalue weighted by Crippen LogP contribution is 2.40. The smallest absolute Gasteiger partial charge is 0.190 e. The van der Waals surface area contributed by atoms with Crippen LogP contribution >= 0.6 is 0 Å². The van der Waals surface area contributed by atoms with Crippen LogP contribution in [0.2, 0.25) is 0 Å². The van der Waals surface area contributed by atoms with Crippen LogP contribution in [0, 0.1) is 0 Å². The zero-order chi connectivity index (χ0) is 21.1. The van der Waals surface area contributed by atoms with Gasteiger partial charge in [-0.2, -0.15) is 5.06 Å². The van der Waals surface area contributed by atoms with Gasteiger partial charge >= 0.3 is 0 Å². The minimum absolute atomic E-state index is 0.179. The van der Waals surface area contributed by atoms with Crippen LogP contribution in [0.1, 0.15) is 25.0 Å². The van der Waals surface area contributed by atoms with Crippen LogP contribution in [-0.4, -0.2) is 53.0 Å². The fraction of sp³-hybridized carbons (Fsp3) is 0.435. The average molecular weight is 413 g/mol. The van der Waals surface area contributed by atoms with Crippen molar-refractivity contribution in [2.45, 2.75) is 63.4 Å². The Morgan fingerprint density at radius 1 is 1.07 bits per heavy atom. The third kappa shape index (κ3) is 4.62. The van der Waals surface area contributed by atoms with Crippen molar-refractivity contribution in [3.8, 4) is 0 Å². The van der Waals surface area contributed by atoms with Crippen molar-refractivity contribution in [2.24, 2.45) is 0 Å². The number of fused-ring (bicyclic) bond motifs is 1. The molecule has 7 heteroatoms. The number of hydrogen-bond acceptors (Lipinski definition) is 7. The lowest BCUT2D eigenvalue weighted by Crippen LogP contribution is -2.50. The van der Waals surface area contributed by atoms with Gasteiger partial charge in [0.15, 0.2) is 12.1 Å². The van der Waals surface area contributed by atoms with Gasteiger partial charge in [0.1, 0.15) is 30.6 Å². The summed E-state index contributed by atoms with van der Waals surface area (Å²) in [6.45, 7) is 4.12. The van der Waals surface area contributed by atoms with E-state index >= 15 is 0 Å². The first-order chi connectivity index (χ1) is 14.5. The molecule has 7 nitrogen and oxygen atoms in total. The van der Waals surface area contributed by atoms with E-state index in [2.05, 4.69) is 0 Å². The summed E-state index contributed by atoms with van der Waals surface area (Å²) in [5.74, 6) is -0.811. The van der Waals surface area contributed by atoms with Crippen LogP contribution < -0.4 is 0 Å². The molecule has 0 unspecified atom stereocenters. The Kier molecular flexibility index (Phi) is 6.29. The quantitative estimate of drug-likeness (QED) is 0.527. The first kappa shape index (κ1) is 21.1.